The van der Waals surface area contributed by atoms with Crippen molar-refractivity contribution in [3.8, 4) is 5.75 Å². The van der Waals surface area contributed by atoms with E-state index in [4.69, 9.17) is 16.3 Å². The van der Waals surface area contributed by atoms with Crippen molar-refractivity contribution in [2.45, 2.75) is 16.9 Å². The second kappa shape index (κ2) is 9.79. The Hall–Kier alpha value is -3.48. The summed E-state index contributed by atoms with van der Waals surface area (Å²) in [5.74, 6) is 1.42. The molecule has 1 aliphatic rings. The van der Waals surface area contributed by atoms with Crippen molar-refractivity contribution in [1.82, 2.24) is 4.98 Å². The number of fused-ring (bicyclic) bond motifs is 1. The number of aromatic nitrogens is 1. The van der Waals surface area contributed by atoms with Gasteiger partial charge in [0.05, 0.1) is 17.7 Å². The van der Waals surface area contributed by atoms with Gasteiger partial charge in [-0.3, -0.25) is 9.69 Å². The molecule has 4 aromatic rings. The summed E-state index contributed by atoms with van der Waals surface area (Å²) in [5.41, 5.74) is 4.19. The molecule has 1 amide bonds. The smallest absolute Gasteiger partial charge is 0.262 e. The van der Waals surface area contributed by atoms with Gasteiger partial charge in [-0.2, -0.15) is 0 Å². The highest BCUT2D eigenvalue weighted by atomic mass is 35.5. The van der Waals surface area contributed by atoms with E-state index in [1.54, 1.807) is 42.1 Å². The lowest BCUT2D eigenvalue weighted by Crippen LogP contribution is -2.43. The van der Waals surface area contributed by atoms with Crippen LogP contribution in [-0.4, -0.2) is 18.0 Å². The molecular formula is C27H22ClN3O2S. The largest absolute Gasteiger partial charge is 0.496 e. The Kier molecular flexibility index (Phi) is 6.43. The summed E-state index contributed by atoms with van der Waals surface area (Å²) in [6.07, 6.45) is 1.39. The number of halogens is 1. The molecule has 0 radical (unpaired) electrons. The molecule has 170 valence electrons. The van der Waals surface area contributed by atoms with Crippen LogP contribution in [0.3, 0.4) is 0 Å². The molecule has 0 bridgehead atoms. The van der Waals surface area contributed by atoms with E-state index in [-0.39, 0.29) is 5.91 Å². The number of ether oxygens (including phenoxy) is 1. The first kappa shape index (κ1) is 22.3. The van der Waals surface area contributed by atoms with Crippen LogP contribution >= 0.6 is 23.4 Å². The predicted octanol–water partition coefficient (Wildman–Crippen LogP) is 6.81. The number of hydrogen-bond donors (Lipinski definition) is 1. The monoisotopic (exact) mass is 487 g/mol. The van der Waals surface area contributed by atoms with Gasteiger partial charge in [-0.1, -0.05) is 35.9 Å². The SMILES string of the molecule is COc1ccc(C2Nc3ccccc3C(=O)N2c2ccc(Cl)cc2)cc1CSc1ccccn1. The van der Waals surface area contributed by atoms with Crippen LogP contribution in [0.25, 0.3) is 0 Å². The van der Waals surface area contributed by atoms with Gasteiger partial charge < -0.3 is 10.1 Å². The second-order valence-electron chi connectivity index (χ2n) is 7.77. The Balaban J connectivity index is 1.54. The van der Waals surface area contributed by atoms with Crippen molar-refractivity contribution in [3.63, 3.8) is 0 Å². The number of rotatable bonds is 6. The minimum Gasteiger partial charge on any atom is -0.496 e. The predicted molar refractivity (Wildman–Crippen MR) is 138 cm³/mol. The van der Waals surface area contributed by atoms with Crippen molar-refractivity contribution in [3.05, 3.63) is 113 Å². The van der Waals surface area contributed by atoms with E-state index < -0.39 is 6.17 Å². The Morgan fingerprint density at radius 2 is 1.82 bits per heavy atom. The van der Waals surface area contributed by atoms with Crippen molar-refractivity contribution in [2.75, 3.05) is 17.3 Å². The molecule has 1 aromatic heterocycles. The van der Waals surface area contributed by atoms with Gasteiger partial charge in [-0.05, 0) is 66.2 Å². The molecule has 2 heterocycles. The zero-order chi connectivity index (χ0) is 23.5. The van der Waals surface area contributed by atoms with Crippen molar-refractivity contribution in [1.29, 1.82) is 0 Å². The van der Waals surface area contributed by atoms with Gasteiger partial charge in [0, 0.05) is 33.9 Å². The average molecular weight is 488 g/mol. The fourth-order valence-electron chi connectivity index (χ4n) is 4.02. The highest BCUT2D eigenvalue weighted by Crippen LogP contribution is 2.38. The minimum atomic E-state index is -0.395. The number of carbonyl (C=O) groups is 1. The molecule has 0 fully saturated rings. The van der Waals surface area contributed by atoms with Crippen LogP contribution in [0.1, 0.15) is 27.7 Å². The minimum absolute atomic E-state index is 0.0677. The number of thioether (sulfide) groups is 1. The zero-order valence-electron chi connectivity index (χ0n) is 18.4. The molecule has 1 N–H and O–H groups in total. The van der Waals surface area contributed by atoms with Crippen molar-refractivity contribution < 1.29 is 9.53 Å². The van der Waals surface area contributed by atoms with Crippen LogP contribution in [0.5, 0.6) is 5.75 Å². The molecule has 5 rings (SSSR count). The standard InChI is InChI=1S/C27H22ClN3O2S/c1-33-24-14-9-18(16-19(24)17-34-25-8-4-5-15-29-25)26-30-23-7-3-2-6-22(23)27(32)31(26)21-12-10-20(28)11-13-21/h2-16,26,30H,17H2,1H3. The molecule has 0 saturated carbocycles. The first-order valence-corrected chi connectivity index (χ1v) is 12.2. The maximum absolute atomic E-state index is 13.6. The normalized spacial score (nSPS) is 14.9. The molecule has 34 heavy (non-hydrogen) atoms. The van der Waals surface area contributed by atoms with Crippen LogP contribution in [0.15, 0.2) is 96.2 Å². The highest BCUT2D eigenvalue weighted by Gasteiger charge is 2.34. The lowest BCUT2D eigenvalue weighted by atomic mass is 10.0. The van der Waals surface area contributed by atoms with Gasteiger partial charge in [0.15, 0.2) is 0 Å². The lowest BCUT2D eigenvalue weighted by molar-refractivity contribution is 0.0975. The first-order chi connectivity index (χ1) is 16.6. The molecule has 3 aromatic carbocycles. The van der Waals surface area contributed by atoms with Gasteiger partial charge in [-0.25, -0.2) is 4.98 Å². The molecule has 0 saturated heterocycles. The number of carbonyl (C=O) groups excluding carboxylic acids is 1. The van der Waals surface area contributed by atoms with E-state index >= 15 is 0 Å². The molecule has 0 spiro atoms. The third kappa shape index (κ3) is 4.47. The maximum atomic E-state index is 13.6. The van der Waals surface area contributed by atoms with E-state index in [0.717, 1.165) is 33.3 Å². The number of hydrogen-bond acceptors (Lipinski definition) is 5. The summed E-state index contributed by atoms with van der Waals surface area (Å²) >= 11 is 7.76. The number of benzene rings is 3. The summed E-state index contributed by atoms with van der Waals surface area (Å²) < 4.78 is 5.63. The zero-order valence-corrected chi connectivity index (χ0v) is 20.0. The summed E-state index contributed by atoms with van der Waals surface area (Å²) in [7, 11) is 1.67. The van der Waals surface area contributed by atoms with Gasteiger partial charge in [0.2, 0.25) is 0 Å². The Morgan fingerprint density at radius 3 is 2.59 bits per heavy atom. The summed E-state index contributed by atoms with van der Waals surface area (Å²) in [6.45, 7) is 0. The van der Waals surface area contributed by atoms with E-state index in [0.29, 0.717) is 16.3 Å². The van der Waals surface area contributed by atoms with Crippen molar-refractivity contribution >= 4 is 40.6 Å². The number of para-hydroxylation sites is 1. The van der Waals surface area contributed by atoms with E-state index in [9.17, 15) is 4.79 Å². The molecule has 0 aliphatic carbocycles. The maximum Gasteiger partial charge on any atom is 0.262 e. The van der Waals surface area contributed by atoms with Gasteiger partial charge in [0.1, 0.15) is 11.9 Å². The van der Waals surface area contributed by atoms with E-state index in [1.165, 1.54) is 0 Å². The van der Waals surface area contributed by atoms with Gasteiger partial charge in [0.25, 0.3) is 5.91 Å². The molecule has 1 unspecified atom stereocenters. The van der Waals surface area contributed by atoms with Crippen LogP contribution in [-0.2, 0) is 5.75 Å². The van der Waals surface area contributed by atoms with Gasteiger partial charge in [-0.15, -0.1) is 11.8 Å². The third-order valence-corrected chi connectivity index (χ3v) is 6.91. The average Bonchev–Trinajstić information content (AvgIpc) is 2.88. The molecule has 7 heteroatoms. The molecular weight excluding hydrogens is 466 g/mol. The van der Waals surface area contributed by atoms with Crippen molar-refractivity contribution in [2.24, 2.45) is 0 Å². The molecule has 5 nitrogen and oxygen atoms in total. The molecule has 1 aliphatic heterocycles. The number of pyridine rings is 1. The Bertz CT molecular complexity index is 1320. The lowest BCUT2D eigenvalue weighted by Gasteiger charge is -2.38. The Labute approximate surface area is 207 Å². The van der Waals surface area contributed by atoms with Crippen LogP contribution in [0, 0.1) is 0 Å². The third-order valence-electron chi connectivity index (χ3n) is 5.66. The van der Waals surface area contributed by atoms with Crippen LogP contribution in [0.2, 0.25) is 5.02 Å². The highest BCUT2D eigenvalue weighted by molar-refractivity contribution is 7.98. The second-order valence-corrected chi connectivity index (χ2v) is 9.20. The fourth-order valence-corrected chi connectivity index (χ4v) is 4.99. The summed E-state index contributed by atoms with van der Waals surface area (Å²) in [6, 6.07) is 26.8. The van der Waals surface area contributed by atoms with Gasteiger partial charge >= 0.3 is 0 Å². The first-order valence-electron chi connectivity index (χ1n) is 10.8. The quantitative estimate of drug-likeness (QED) is 0.303. The Morgan fingerprint density at radius 1 is 1.03 bits per heavy atom. The summed E-state index contributed by atoms with van der Waals surface area (Å²) in [4.78, 5) is 19.8. The van der Waals surface area contributed by atoms with Crippen LogP contribution in [0.4, 0.5) is 11.4 Å². The summed E-state index contributed by atoms with van der Waals surface area (Å²) in [5, 5.41) is 5.12. The number of nitrogens with one attached hydrogen (secondary N) is 1. The number of amides is 1. The van der Waals surface area contributed by atoms with E-state index in [2.05, 4.69) is 16.4 Å². The molecule has 1 atom stereocenters. The topological polar surface area (TPSA) is 54.5 Å². The number of anilines is 2. The fraction of sp³-hybridized carbons (Fsp3) is 0.111. The number of methoxy groups -OCH3 is 1. The number of nitrogens with zero attached hydrogens (tertiary/aromatic N) is 2. The van der Waals surface area contributed by atoms with E-state index in [1.807, 2.05) is 66.7 Å². The van der Waals surface area contributed by atoms with Crippen LogP contribution < -0.4 is 15.0 Å².